The Hall–Kier alpha value is -1.36. The zero-order chi connectivity index (χ0) is 12.1. The summed E-state index contributed by atoms with van der Waals surface area (Å²) in [7, 11) is 1.69. The number of hydrogen-bond acceptors (Lipinski definition) is 3. The fraction of sp³-hybridized carbons (Fsp3) is 0.667. The Morgan fingerprint density at radius 2 is 2.47 bits per heavy atom. The van der Waals surface area contributed by atoms with E-state index in [1.54, 1.807) is 19.5 Å². The Bertz CT molecular complexity index is 352. The van der Waals surface area contributed by atoms with Gasteiger partial charge in [0.15, 0.2) is 0 Å². The van der Waals surface area contributed by atoms with Crippen molar-refractivity contribution < 1.29 is 9.53 Å². The Labute approximate surface area is 101 Å². The molecule has 5 heteroatoms. The maximum absolute atomic E-state index is 11.7. The summed E-state index contributed by atoms with van der Waals surface area (Å²) in [5, 5.41) is 2.90. The van der Waals surface area contributed by atoms with Gasteiger partial charge in [-0.3, -0.25) is 4.79 Å². The zero-order valence-electron chi connectivity index (χ0n) is 10.2. The number of methoxy groups -OCH3 is 1. The highest BCUT2D eigenvalue weighted by Crippen LogP contribution is 2.37. The van der Waals surface area contributed by atoms with E-state index in [9.17, 15) is 4.79 Å². The first-order valence-corrected chi connectivity index (χ1v) is 6.04. The molecule has 2 rings (SSSR count). The van der Waals surface area contributed by atoms with Crippen LogP contribution in [0.4, 0.5) is 0 Å². The summed E-state index contributed by atoms with van der Waals surface area (Å²) in [5.74, 6) is 0.966. The molecular formula is C12H19N3O2. The molecule has 1 saturated carbocycles. The Morgan fingerprint density at radius 1 is 1.65 bits per heavy atom. The molecule has 1 heterocycles. The minimum atomic E-state index is -0.186. The first-order chi connectivity index (χ1) is 8.24. The highest BCUT2D eigenvalue weighted by Gasteiger charge is 2.38. The maximum atomic E-state index is 11.7. The molecule has 94 valence electrons. The van der Waals surface area contributed by atoms with Crippen molar-refractivity contribution >= 4 is 5.91 Å². The second-order valence-corrected chi connectivity index (χ2v) is 4.55. The van der Waals surface area contributed by atoms with E-state index >= 15 is 0 Å². The zero-order valence-corrected chi connectivity index (χ0v) is 10.2. The molecule has 0 unspecified atom stereocenters. The summed E-state index contributed by atoms with van der Waals surface area (Å²) in [6.07, 6.45) is 7.86. The van der Waals surface area contributed by atoms with Crippen molar-refractivity contribution in [1.29, 1.82) is 0 Å². The highest BCUT2D eigenvalue weighted by atomic mass is 16.5. The van der Waals surface area contributed by atoms with Gasteiger partial charge in [0.25, 0.3) is 0 Å². The van der Waals surface area contributed by atoms with Crippen LogP contribution < -0.4 is 5.32 Å². The van der Waals surface area contributed by atoms with E-state index in [0.29, 0.717) is 13.0 Å². The number of imidazole rings is 1. The van der Waals surface area contributed by atoms with Crippen LogP contribution in [-0.2, 0) is 16.0 Å². The summed E-state index contributed by atoms with van der Waals surface area (Å²) >= 11 is 0. The van der Waals surface area contributed by atoms with E-state index in [0.717, 1.165) is 31.5 Å². The summed E-state index contributed by atoms with van der Waals surface area (Å²) in [4.78, 5) is 18.8. The molecule has 0 saturated heterocycles. The fourth-order valence-electron chi connectivity index (χ4n) is 2.13. The summed E-state index contributed by atoms with van der Waals surface area (Å²) in [6, 6.07) is 0. The molecule has 0 atom stereocenters. The van der Waals surface area contributed by atoms with Gasteiger partial charge in [0.1, 0.15) is 5.82 Å². The standard InChI is InChI=1S/C12H19N3O2/c1-17-12(4-2-5-12)9-11(16)15-6-3-10-13-7-8-14-10/h7-8H,2-6,9H2,1H3,(H,13,14)(H,15,16). The number of rotatable bonds is 6. The number of ether oxygens (including phenoxy) is 1. The van der Waals surface area contributed by atoms with Crippen molar-refractivity contribution in [2.24, 2.45) is 0 Å². The van der Waals surface area contributed by atoms with Gasteiger partial charge in [-0.2, -0.15) is 0 Å². The van der Waals surface area contributed by atoms with Crippen molar-refractivity contribution in [3.05, 3.63) is 18.2 Å². The van der Waals surface area contributed by atoms with Crippen molar-refractivity contribution in [2.75, 3.05) is 13.7 Å². The van der Waals surface area contributed by atoms with Gasteiger partial charge in [-0.1, -0.05) is 0 Å². The third-order valence-corrected chi connectivity index (χ3v) is 3.42. The number of carbonyl (C=O) groups excluding carboxylic acids is 1. The van der Waals surface area contributed by atoms with E-state index in [1.165, 1.54) is 0 Å². The minimum absolute atomic E-state index is 0.0677. The normalized spacial score (nSPS) is 17.5. The van der Waals surface area contributed by atoms with E-state index in [1.807, 2.05) is 0 Å². The molecule has 1 amide bonds. The predicted octanol–water partition coefficient (Wildman–Crippen LogP) is 1.03. The number of nitrogens with one attached hydrogen (secondary N) is 2. The molecule has 5 nitrogen and oxygen atoms in total. The SMILES string of the molecule is COC1(CC(=O)NCCc2ncc[nH]2)CCC1. The summed E-state index contributed by atoms with van der Waals surface area (Å²) < 4.78 is 5.42. The molecular weight excluding hydrogens is 218 g/mol. The van der Waals surface area contributed by atoms with Crippen LogP contribution in [0.15, 0.2) is 12.4 Å². The van der Waals surface area contributed by atoms with E-state index in [-0.39, 0.29) is 11.5 Å². The van der Waals surface area contributed by atoms with Crippen LogP contribution in [0.25, 0.3) is 0 Å². The number of aromatic nitrogens is 2. The second-order valence-electron chi connectivity index (χ2n) is 4.55. The lowest BCUT2D eigenvalue weighted by Gasteiger charge is -2.39. The molecule has 0 aromatic carbocycles. The molecule has 1 aliphatic carbocycles. The number of aromatic amines is 1. The van der Waals surface area contributed by atoms with Crippen LogP contribution in [-0.4, -0.2) is 35.1 Å². The Morgan fingerprint density at radius 3 is 3.00 bits per heavy atom. The smallest absolute Gasteiger partial charge is 0.222 e. The molecule has 0 spiro atoms. The molecule has 1 aliphatic rings. The lowest BCUT2D eigenvalue weighted by molar-refractivity contribution is -0.134. The molecule has 2 N–H and O–H groups in total. The summed E-state index contributed by atoms with van der Waals surface area (Å²) in [6.45, 7) is 0.617. The quantitative estimate of drug-likeness (QED) is 0.776. The average molecular weight is 237 g/mol. The van der Waals surface area contributed by atoms with Gasteiger partial charge in [0.2, 0.25) is 5.91 Å². The molecule has 17 heavy (non-hydrogen) atoms. The number of hydrogen-bond donors (Lipinski definition) is 2. The van der Waals surface area contributed by atoms with Gasteiger partial charge in [-0.05, 0) is 19.3 Å². The predicted molar refractivity (Wildman–Crippen MR) is 63.5 cm³/mol. The van der Waals surface area contributed by atoms with Crippen molar-refractivity contribution in [3.63, 3.8) is 0 Å². The van der Waals surface area contributed by atoms with Crippen LogP contribution in [0.2, 0.25) is 0 Å². The van der Waals surface area contributed by atoms with Crippen LogP contribution in [0.1, 0.15) is 31.5 Å². The second kappa shape index (κ2) is 5.31. The van der Waals surface area contributed by atoms with Crippen LogP contribution in [0.3, 0.4) is 0 Å². The van der Waals surface area contributed by atoms with Gasteiger partial charge in [-0.15, -0.1) is 0 Å². The van der Waals surface area contributed by atoms with Gasteiger partial charge in [-0.25, -0.2) is 4.98 Å². The van der Waals surface area contributed by atoms with Crippen molar-refractivity contribution in [2.45, 2.75) is 37.7 Å². The number of carbonyl (C=O) groups is 1. The van der Waals surface area contributed by atoms with Crippen molar-refractivity contribution in [1.82, 2.24) is 15.3 Å². The Kier molecular flexibility index (Phi) is 3.78. The Balaban J connectivity index is 1.67. The van der Waals surface area contributed by atoms with Gasteiger partial charge >= 0.3 is 0 Å². The highest BCUT2D eigenvalue weighted by molar-refractivity contribution is 5.77. The van der Waals surface area contributed by atoms with Crippen LogP contribution in [0, 0.1) is 0 Å². The van der Waals surface area contributed by atoms with Crippen LogP contribution >= 0.6 is 0 Å². The number of H-pyrrole nitrogens is 1. The van der Waals surface area contributed by atoms with Crippen molar-refractivity contribution in [3.8, 4) is 0 Å². The van der Waals surface area contributed by atoms with Gasteiger partial charge in [0, 0.05) is 32.5 Å². The molecule has 1 aromatic rings. The number of nitrogens with zero attached hydrogens (tertiary/aromatic N) is 1. The molecule has 0 radical (unpaired) electrons. The third-order valence-electron chi connectivity index (χ3n) is 3.42. The van der Waals surface area contributed by atoms with Crippen LogP contribution in [0.5, 0.6) is 0 Å². The third kappa shape index (κ3) is 3.06. The molecule has 0 bridgehead atoms. The first-order valence-electron chi connectivity index (χ1n) is 6.04. The maximum Gasteiger partial charge on any atom is 0.222 e. The molecule has 1 aromatic heterocycles. The van der Waals surface area contributed by atoms with E-state index in [2.05, 4.69) is 15.3 Å². The number of amides is 1. The largest absolute Gasteiger partial charge is 0.378 e. The van der Waals surface area contributed by atoms with Gasteiger partial charge < -0.3 is 15.0 Å². The molecule has 0 aliphatic heterocycles. The first kappa shape index (κ1) is 12.1. The lowest BCUT2D eigenvalue weighted by Crippen LogP contribution is -2.44. The fourth-order valence-corrected chi connectivity index (χ4v) is 2.13. The van der Waals surface area contributed by atoms with Gasteiger partial charge in [0.05, 0.1) is 12.0 Å². The lowest BCUT2D eigenvalue weighted by atomic mass is 9.77. The minimum Gasteiger partial charge on any atom is -0.378 e. The monoisotopic (exact) mass is 237 g/mol. The van der Waals surface area contributed by atoms with E-state index in [4.69, 9.17) is 4.74 Å². The molecule has 1 fully saturated rings. The summed E-state index contributed by atoms with van der Waals surface area (Å²) in [5.41, 5.74) is -0.186. The van der Waals surface area contributed by atoms with E-state index < -0.39 is 0 Å². The topological polar surface area (TPSA) is 67.0 Å². The average Bonchev–Trinajstić information content (AvgIpc) is 2.76.